The molecule has 4 rings (SSSR count). The van der Waals surface area contributed by atoms with Gasteiger partial charge in [0.25, 0.3) is 0 Å². The highest BCUT2D eigenvalue weighted by molar-refractivity contribution is 5.50. The summed E-state index contributed by atoms with van der Waals surface area (Å²) in [7, 11) is 0. The molecule has 8 heteroatoms. The molecule has 0 saturated heterocycles. The number of rotatable bonds is 6. The SMILES string of the molecule is [C-]#[N+]c1ccc(CNc2ncnc(Nc3cc(C4CC4)[nH]n3)n2)cc1. The molecule has 0 amide bonds. The Labute approximate surface area is 144 Å². The van der Waals surface area contributed by atoms with Gasteiger partial charge in [0.1, 0.15) is 6.33 Å². The maximum absolute atomic E-state index is 6.96. The number of hydrogen-bond donors (Lipinski definition) is 3. The minimum absolute atomic E-state index is 0.440. The summed E-state index contributed by atoms with van der Waals surface area (Å²) >= 11 is 0. The summed E-state index contributed by atoms with van der Waals surface area (Å²) in [5.74, 6) is 2.24. The second-order valence-electron chi connectivity index (χ2n) is 5.87. The van der Waals surface area contributed by atoms with E-state index in [0.29, 0.717) is 35.9 Å². The van der Waals surface area contributed by atoms with E-state index in [4.69, 9.17) is 6.57 Å². The lowest BCUT2D eigenvalue weighted by atomic mass is 10.2. The van der Waals surface area contributed by atoms with Gasteiger partial charge in [-0.15, -0.1) is 0 Å². The molecular weight excluding hydrogens is 316 g/mol. The first-order chi connectivity index (χ1) is 12.3. The molecule has 0 unspecified atom stereocenters. The number of nitrogens with zero attached hydrogens (tertiary/aromatic N) is 5. The van der Waals surface area contributed by atoms with Crippen molar-refractivity contribution in [2.45, 2.75) is 25.3 Å². The number of aromatic nitrogens is 5. The maximum Gasteiger partial charge on any atom is 0.233 e. The predicted octanol–water partition coefficient (Wildman–Crippen LogP) is 3.38. The van der Waals surface area contributed by atoms with Crippen molar-refractivity contribution in [2.24, 2.45) is 0 Å². The molecule has 1 aliphatic carbocycles. The van der Waals surface area contributed by atoms with E-state index in [1.807, 2.05) is 18.2 Å². The topological polar surface area (TPSA) is 95.8 Å². The van der Waals surface area contributed by atoms with E-state index in [9.17, 15) is 0 Å². The Hall–Kier alpha value is -3.47. The molecule has 0 spiro atoms. The Morgan fingerprint density at radius 1 is 1.16 bits per heavy atom. The smallest absolute Gasteiger partial charge is 0.233 e. The van der Waals surface area contributed by atoms with Crippen LogP contribution in [0.2, 0.25) is 0 Å². The fourth-order valence-corrected chi connectivity index (χ4v) is 2.43. The van der Waals surface area contributed by atoms with Crippen LogP contribution >= 0.6 is 0 Å². The van der Waals surface area contributed by atoms with Gasteiger partial charge in [0, 0.05) is 24.2 Å². The molecule has 0 bridgehead atoms. The normalized spacial score (nSPS) is 13.2. The van der Waals surface area contributed by atoms with Crippen LogP contribution in [0.4, 0.5) is 23.4 Å². The van der Waals surface area contributed by atoms with Gasteiger partial charge < -0.3 is 10.6 Å². The largest absolute Gasteiger partial charge is 0.350 e. The van der Waals surface area contributed by atoms with Crippen LogP contribution in [0.5, 0.6) is 0 Å². The first-order valence-corrected chi connectivity index (χ1v) is 8.02. The Kier molecular flexibility index (Phi) is 3.96. The molecule has 2 heterocycles. The van der Waals surface area contributed by atoms with E-state index in [1.54, 1.807) is 12.1 Å². The van der Waals surface area contributed by atoms with Crippen LogP contribution in [0.15, 0.2) is 36.7 Å². The van der Waals surface area contributed by atoms with E-state index >= 15 is 0 Å². The van der Waals surface area contributed by atoms with Crippen LogP contribution in [-0.4, -0.2) is 25.1 Å². The van der Waals surface area contributed by atoms with Gasteiger partial charge in [-0.05, 0) is 18.4 Å². The van der Waals surface area contributed by atoms with Gasteiger partial charge in [0.05, 0.1) is 6.57 Å². The summed E-state index contributed by atoms with van der Waals surface area (Å²) in [6, 6.07) is 9.39. The summed E-state index contributed by atoms with van der Waals surface area (Å²) in [6.07, 6.45) is 3.89. The molecule has 1 saturated carbocycles. The number of hydrogen-bond acceptors (Lipinski definition) is 6. The molecule has 25 heavy (non-hydrogen) atoms. The zero-order valence-corrected chi connectivity index (χ0v) is 13.4. The molecule has 8 nitrogen and oxygen atoms in total. The quantitative estimate of drug-likeness (QED) is 0.599. The molecule has 3 N–H and O–H groups in total. The Morgan fingerprint density at radius 2 is 1.96 bits per heavy atom. The lowest BCUT2D eigenvalue weighted by Gasteiger charge is -2.06. The van der Waals surface area contributed by atoms with Crippen molar-refractivity contribution in [3.8, 4) is 0 Å². The van der Waals surface area contributed by atoms with Crippen molar-refractivity contribution in [1.29, 1.82) is 0 Å². The van der Waals surface area contributed by atoms with Gasteiger partial charge in [-0.25, -0.2) is 14.8 Å². The third-order valence-corrected chi connectivity index (χ3v) is 3.94. The third kappa shape index (κ3) is 3.72. The summed E-state index contributed by atoms with van der Waals surface area (Å²) < 4.78 is 0. The van der Waals surface area contributed by atoms with Gasteiger partial charge in [-0.2, -0.15) is 10.1 Å². The number of aromatic amines is 1. The van der Waals surface area contributed by atoms with E-state index in [2.05, 4.69) is 40.6 Å². The molecule has 0 aliphatic heterocycles. The van der Waals surface area contributed by atoms with Crippen molar-refractivity contribution in [3.05, 3.63) is 59.3 Å². The van der Waals surface area contributed by atoms with Crippen LogP contribution < -0.4 is 10.6 Å². The van der Waals surface area contributed by atoms with Crippen molar-refractivity contribution >= 4 is 23.4 Å². The maximum atomic E-state index is 6.96. The van der Waals surface area contributed by atoms with Crippen molar-refractivity contribution in [2.75, 3.05) is 10.6 Å². The minimum Gasteiger partial charge on any atom is -0.350 e. The molecular formula is C17H16N8. The fraction of sp³-hybridized carbons (Fsp3) is 0.235. The Balaban J connectivity index is 1.39. The number of anilines is 3. The van der Waals surface area contributed by atoms with Gasteiger partial charge in [0.2, 0.25) is 11.9 Å². The second-order valence-corrected chi connectivity index (χ2v) is 5.87. The molecule has 0 radical (unpaired) electrons. The first-order valence-electron chi connectivity index (χ1n) is 8.02. The summed E-state index contributed by atoms with van der Waals surface area (Å²) in [5.41, 5.74) is 2.82. The minimum atomic E-state index is 0.440. The zero-order chi connectivity index (χ0) is 17.1. The van der Waals surface area contributed by atoms with E-state index in [-0.39, 0.29) is 0 Å². The van der Waals surface area contributed by atoms with Crippen LogP contribution in [0, 0.1) is 6.57 Å². The van der Waals surface area contributed by atoms with Gasteiger partial charge in [-0.1, -0.05) is 24.3 Å². The number of nitrogens with one attached hydrogen (secondary N) is 3. The van der Waals surface area contributed by atoms with Crippen LogP contribution in [0.25, 0.3) is 4.85 Å². The van der Waals surface area contributed by atoms with E-state index < -0.39 is 0 Å². The summed E-state index contributed by atoms with van der Waals surface area (Å²) in [6.45, 7) is 7.53. The van der Waals surface area contributed by atoms with E-state index in [0.717, 1.165) is 11.3 Å². The molecule has 3 aromatic rings. The van der Waals surface area contributed by atoms with Crippen LogP contribution in [-0.2, 0) is 6.54 Å². The lowest BCUT2D eigenvalue weighted by Crippen LogP contribution is -2.06. The van der Waals surface area contributed by atoms with Crippen molar-refractivity contribution in [3.63, 3.8) is 0 Å². The summed E-state index contributed by atoms with van der Waals surface area (Å²) in [5, 5.41) is 13.5. The second kappa shape index (κ2) is 6.57. The monoisotopic (exact) mass is 332 g/mol. The standard InChI is InChI=1S/C17H16N8/c1-18-13-6-2-11(3-7-13)9-19-16-20-10-21-17(23-16)22-15-8-14(24-25-15)12-4-5-12/h2-3,6-8,10,12H,4-5,9H2,(H3,19,20,21,22,23,24,25). The van der Waals surface area contributed by atoms with Gasteiger partial charge in [0.15, 0.2) is 11.5 Å². The first kappa shape index (κ1) is 15.1. The molecule has 1 fully saturated rings. The summed E-state index contributed by atoms with van der Waals surface area (Å²) in [4.78, 5) is 16.0. The van der Waals surface area contributed by atoms with Gasteiger partial charge in [-0.3, -0.25) is 5.10 Å². The molecule has 124 valence electrons. The lowest BCUT2D eigenvalue weighted by molar-refractivity contribution is 0.963. The third-order valence-electron chi connectivity index (χ3n) is 3.94. The highest BCUT2D eigenvalue weighted by atomic mass is 15.3. The Morgan fingerprint density at radius 3 is 2.72 bits per heavy atom. The van der Waals surface area contributed by atoms with Crippen molar-refractivity contribution < 1.29 is 0 Å². The van der Waals surface area contributed by atoms with E-state index in [1.165, 1.54) is 19.2 Å². The number of H-pyrrole nitrogens is 1. The molecule has 0 atom stereocenters. The highest BCUT2D eigenvalue weighted by Gasteiger charge is 2.25. The van der Waals surface area contributed by atoms with Crippen molar-refractivity contribution in [1.82, 2.24) is 25.1 Å². The Bertz CT molecular complexity index is 905. The average Bonchev–Trinajstić information content (AvgIpc) is 3.40. The molecule has 1 aromatic carbocycles. The average molecular weight is 332 g/mol. The predicted molar refractivity (Wildman–Crippen MR) is 93.7 cm³/mol. The molecule has 2 aromatic heterocycles. The van der Waals surface area contributed by atoms with Gasteiger partial charge >= 0.3 is 0 Å². The molecule has 1 aliphatic rings. The van der Waals surface area contributed by atoms with Crippen LogP contribution in [0.3, 0.4) is 0 Å². The zero-order valence-electron chi connectivity index (χ0n) is 13.4. The highest BCUT2D eigenvalue weighted by Crippen LogP contribution is 2.39. The van der Waals surface area contributed by atoms with Crippen LogP contribution in [0.1, 0.15) is 30.0 Å². The number of benzene rings is 1. The fourth-order valence-electron chi connectivity index (χ4n) is 2.43.